The third kappa shape index (κ3) is 5.34. The minimum absolute atomic E-state index is 0.00331. The molecule has 0 radical (unpaired) electrons. The number of carbonyl (C=O) groups is 1. The Balaban J connectivity index is 3.89. The largest absolute Gasteiger partial charge is 0.319 e. The first kappa shape index (κ1) is 13.6. The van der Waals surface area contributed by atoms with E-state index in [0.29, 0.717) is 13.0 Å². The summed E-state index contributed by atoms with van der Waals surface area (Å²) < 4.78 is 22.7. The van der Waals surface area contributed by atoms with Gasteiger partial charge in [0.2, 0.25) is 0 Å². The maximum atomic E-state index is 11.3. The lowest BCUT2D eigenvalue weighted by molar-refractivity contribution is -0.118. The van der Waals surface area contributed by atoms with Crippen molar-refractivity contribution < 1.29 is 13.2 Å². The number of Topliss-reactive ketones (excluding diaryl/α,β-unsaturated/α-hetero) is 1. The molecule has 0 bridgehead atoms. The van der Waals surface area contributed by atoms with Crippen molar-refractivity contribution >= 4 is 15.6 Å². The maximum absolute atomic E-state index is 11.3. The van der Waals surface area contributed by atoms with Gasteiger partial charge in [0.1, 0.15) is 5.78 Å². The molecule has 0 unspecified atom stereocenters. The van der Waals surface area contributed by atoms with E-state index in [1.807, 2.05) is 0 Å². The van der Waals surface area contributed by atoms with Crippen LogP contribution < -0.4 is 5.32 Å². The van der Waals surface area contributed by atoms with Crippen molar-refractivity contribution in [2.24, 2.45) is 0 Å². The highest BCUT2D eigenvalue weighted by Crippen LogP contribution is 2.03. The molecule has 0 aliphatic rings. The lowest BCUT2D eigenvalue weighted by Crippen LogP contribution is -2.21. The molecule has 0 rings (SSSR count). The van der Waals surface area contributed by atoms with Gasteiger partial charge in [-0.25, -0.2) is 8.42 Å². The second kappa shape index (κ2) is 6.14. The smallest absolute Gasteiger partial charge is 0.153 e. The lowest BCUT2D eigenvalue weighted by Gasteiger charge is -2.06. The fourth-order valence-corrected chi connectivity index (χ4v) is 1.86. The molecule has 0 saturated heterocycles. The Bertz CT molecular complexity index is 270. The molecule has 0 spiro atoms. The van der Waals surface area contributed by atoms with E-state index in [4.69, 9.17) is 0 Å². The Labute approximate surface area is 86.0 Å². The van der Waals surface area contributed by atoms with Crippen molar-refractivity contribution in [1.29, 1.82) is 0 Å². The Hall–Kier alpha value is -0.420. The first-order chi connectivity index (χ1) is 6.40. The number of hydrogen-bond donors (Lipinski definition) is 1. The summed E-state index contributed by atoms with van der Waals surface area (Å²) in [5, 5.41) is 2.46. The standard InChI is InChI=1S/C9H19NO3S/c1-8(2)14(12,13)7-5-9(11)4-6-10-3/h8,10H,4-7H2,1-3H3. The van der Waals surface area contributed by atoms with Crippen LogP contribution in [-0.4, -0.2) is 38.8 Å². The maximum Gasteiger partial charge on any atom is 0.153 e. The molecule has 4 nitrogen and oxygen atoms in total. The molecule has 5 heteroatoms. The van der Waals surface area contributed by atoms with Crippen LogP contribution in [0.3, 0.4) is 0 Å². The molecule has 0 aromatic heterocycles. The van der Waals surface area contributed by atoms with Crippen molar-refractivity contribution in [3.8, 4) is 0 Å². The number of sulfone groups is 1. The van der Waals surface area contributed by atoms with Gasteiger partial charge in [-0.05, 0) is 20.9 Å². The summed E-state index contributed by atoms with van der Waals surface area (Å²) in [5.41, 5.74) is 0. The van der Waals surface area contributed by atoms with E-state index in [0.717, 1.165) is 0 Å². The third-order valence-electron chi connectivity index (χ3n) is 2.04. The highest BCUT2D eigenvalue weighted by atomic mass is 32.2. The van der Waals surface area contributed by atoms with Crippen LogP contribution in [0.2, 0.25) is 0 Å². The van der Waals surface area contributed by atoms with Crippen molar-refractivity contribution in [3.05, 3.63) is 0 Å². The molecular weight excluding hydrogens is 202 g/mol. The molecule has 0 heterocycles. The highest BCUT2D eigenvalue weighted by molar-refractivity contribution is 7.91. The number of nitrogens with one attached hydrogen (secondary N) is 1. The second-order valence-electron chi connectivity index (χ2n) is 3.56. The van der Waals surface area contributed by atoms with Gasteiger partial charge in [-0.15, -0.1) is 0 Å². The van der Waals surface area contributed by atoms with Crippen LogP contribution in [0.4, 0.5) is 0 Å². The second-order valence-corrected chi connectivity index (χ2v) is 6.23. The van der Waals surface area contributed by atoms with Crippen LogP contribution in [-0.2, 0) is 14.6 Å². The van der Waals surface area contributed by atoms with Crippen LogP contribution in [0, 0.1) is 0 Å². The third-order valence-corrected chi connectivity index (χ3v) is 4.25. The van der Waals surface area contributed by atoms with Gasteiger partial charge in [0.25, 0.3) is 0 Å². The van der Waals surface area contributed by atoms with Crippen LogP contribution in [0.1, 0.15) is 26.7 Å². The number of carbonyl (C=O) groups excluding carboxylic acids is 1. The van der Waals surface area contributed by atoms with E-state index in [-0.39, 0.29) is 23.2 Å². The van der Waals surface area contributed by atoms with Crippen molar-refractivity contribution in [3.63, 3.8) is 0 Å². The number of rotatable bonds is 7. The Morgan fingerprint density at radius 1 is 1.29 bits per heavy atom. The molecule has 14 heavy (non-hydrogen) atoms. The molecule has 0 aliphatic carbocycles. The Morgan fingerprint density at radius 2 is 1.86 bits per heavy atom. The Morgan fingerprint density at radius 3 is 2.29 bits per heavy atom. The van der Waals surface area contributed by atoms with Gasteiger partial charge in [-0.1, -0.05) is 0 Å². The SMILES string of the molecule is CNCCC(=O)CCS(=O)(=O)C(C)C. The van der Waals surface area contributed by atoms with Crippen LogP contribution >= 0.6 is 0 Å². The summed E-state index contributed by atoms with van der Waals surface area (Å²) >= 11 is 0. The van der Waals surface area contributed by atoms with E-state index in [1.54, 1.807) is 20.9 Å². The predicted octanol–water partition coefficient (Wildman–Crippen LogP) is 0.378. The van der Waals surface area contributed by atoms with E-state index in [9.17, 15) is 13.2 Å². The molecule has 0 amide bonds. The van der Waals surface area contributed by atoms with Gasteiger partial charge in [-0.3, -0.25) is 4.79 Å². The first-order valence-electron chi connectivity index (χ1n) is 4.78. The van der Waals surface area contributed by atoms with E-state index in [2.05, 4.69) is 5.32 Å². The average molecular weight is 221 g/mol. The van der Waals surface area contributed by atoms with Crippen molar-refractivity contribution in [2.45, 2.75) is 31.9 Å². The summed E-state index contributed by atoms with van der Waals surface area (Å²) in [5.74, 6) is -0.0173. The molecule has 1 N–H and O–H groups in total. The molecule has 0 aromatic carbocycles. The fraction of sp³-hybridized carbons (Fsp3) is 0.889. The van der Waals surface area contributed by atoms with Crippen LogP contribution in [0.5, 0.6) is 0 Å². The summed E-state index contributed by atoms with van der Waals surface area (Å²) in [4.78, 5) is 11.2. The average Bonchev–Trinajstić information content (AvgIpc) is 2.11. The highest BCUT2D eigenvalue weighted by Gasteiger charge is 2.17. The fourth-order valence-electron chi connectivity index (χ4n) is 0.881. The van der Waals surface area contributed by atoms with Crippen LogP contribution in [0.15, 0.2) is 0 Å². The normalized spacial score (nSPS) is 12.0. The van der Waals surface area contributed by atoms with Gasteiger partial charge in [0, 0.05) is 19.4 Å². The predicted molar refractivity (Wildman–Crippen MR) is 57.1 cm³/mol. The van der Waals surface area contributed by atoms with Gasteiger partial charge in [0.05, 0.1) is 11.0 Å². The van der Waals surface area contributed by atoms with Gasteiger partial charge >= 0.3 is 0 Å². The van der Waals surface area contributed by atoms with E-state index >= 15 is 0 Å². The molecule has 84 valence electrons. The minimum atomic E-state index is -3.06. The zero-order valence-corrected chi connectivity index (χ0v) is 9.86. The Kier molecular flexibility index (Phi) is 5.95. The lowest BCUT2D eigenvalue weighted by atomic mass is 10.2. The zero-order chi connectivity index (χ0) is 11.2. The van der Waals surface area contributed by atoms with Gasteiger partial charge in [-0.2, -0.15) is 0 Å². The molecular formula is C9H19NO3S. The molecule has 0 atom stereocenters. The monoisotopic (exact) mass is 221 g/mol. The molecule has 0 fully saturated rings. The first-order valence-corrected chi connectivity index (χ1v) is 6.49. The van der Waals surface area contributed by atoms with Crippen LogP contribution in [0.25, 0.3) is 0 Å². The van der Waals surface area contributed by atoms with Crippen molar-refractivity contribution in [2.75, 3.05) is 19.3 Å². The van der Waals surface area contributed by atoms with Gasteiger partial charge in [0.15, 0.2) is 9.84 Å². The molecule has 0 aromatic rings. The zero-order valence-electron chi connectivity index (χ0n) is 9.04. The topological polar surface area (TPSA) is 63.2 Å². The van der Waals surface area contributed by atoms with E-state index in [1.165, 1.54) is 0 Å². The van der Waals surface area contributed by atoms with Crippen molar-refractivity contribution in [1.82, 2.24) is 5.32 Å². The minimum Gasteiger partial charge on any atom is -0.319 e. The summed E-state index contributed by atoms with van der Waals surface area (Å²) in [7, 11) is -1.30. The summed E-state index contributed by atoms with van der Waals surface area (Å²) in [6, 6.07) is 0. The summed E-state index contributed by atoms with van der Waals surface area (Å²) in [6.07, 6.45) is 0.548. The number of ketones is 1. The molecule has 0 saturated carbocycles. The molecule has 0 aliphatic heterocycles. The van der Waals surface area contributed by atoms with Gasteiger partial charge < -0.3 is 5.32 Å². The summed E-state index contributed by atoms with van der Waals surface area (Å²) in [6.45, 7) is 3.88. The quantitative estimate of drug-likeness (QED) is 0.675. The number of hydrogen-bond acceptors (Lipinski definition) is 4. The van der Waals surface area contributed by atoms with E-state index < -0.39 is 9.84 Å².